The number of amides is 1. The van der Waals surface area contributed by atoms with Gasteiger partial charge in [0.05, 0.1) is 35.0 Å². The van der Waals surface area contributed by atoms with Crippen molar-refractivity contribution in [1.29, 1.82) is 0 Å². The highest BCUT2D eigenvalue weighted by Crippen LogP contribution is 2.45. The minimum Gasteiger partial charge on any atom is -0.507 e. The Kier molecular flexibility index (Phi) is 8.38. The van der Waals surface area contributed by atoms with Crippen molar-refractivity contribution in [3.8, 4) is 11.5 Å². The van der Waals surface area contributed by atoms with Crippen molar-refractivity contribution in [2.24, 2.45) is 0 Å². The van der Waals surface area contributed by atoms with Gasteiger partial charge >= 0.3 is 5.91 Å². The lowest BCUT2D eigenvalue weighted by atomic mass is 9.95. The average molecular weight is 577 g/mol. The molecule has 3 aromatic carbocycles. The normalized spacial score (nSPS) is 16.6. The Bertz CT molecular complexity index is 1580. The fraction of sp³-hybridized carbons (Fsp3) is 0.258. The fourth-order valence-corrected chi connectivity index (χ4v) is 5.80. The number of thiazole rings is 1. The standard InChI is InChI=1S/C31H29ClN2O5S/c1-3-5-16-39-23-8-6-7-20(17-23)27-26(28(35)19-9-12-22(13-10-19)38-15-4-2)29(36)30(37)34(27)31-33-24-14-11-21(32)18-25(24)40-31/h6-14,17-18,27,35H,3-5,15-16H2,1-2H3. The predicted octanol–water partition coefficient (Wildman–Crippen LogP) is 7.54. The van der Waals surface area contributed by atoms with E-state index in [0.717, 1.165) is 24.0 Å². The molecule has 206 valence electrons. The number of aromatic nitrogens is 1. The van der Waals surface area contributed by atoms with Gasteiger partial charge in [-0.2, -0.15) is 0 Å². The largest absolute Gasteiger partial charge is 0.507 e. The topological polar surface area (TPSA) is 89.0 Å². The van der Waals surface area contributed by atoms with E-state index >= 15 is 0 Å². The summed E-state index contributed by atoms with van der Waals surface area (Å²) in [4.78, 5) is 33.1. The number of carbonyl (C=O) groups excluding carboxylic acids is 2. The van der Waals surface area contributed by atoms with E-state index in [2.05, 4.69) is 11.9 Å². The summed E-state index contributed by atoms with van der Waals surface area (Å²) >= 11 is 7.44. The molecule has 1 saturated heterocycles. The lowest BCUT2D eigenvalue weighted by Crippen LogP contribution is -2.29. The third-order valence-corrected chi connectivity index (χ3v) is 7.78. The van der Waals surface area contributed by atoms with Gasteiger partial charge in [0.25, 0.3) is 5.78 Å². The van der Waals surface area contributed by atoms with E-state index in [9.17, 15) is 14.7 Å². The van der Waals surface area contributed by atoms with Crippen LogP contribution in [-0.2, 0) is 9.59 Å². The average Bonchev–Trinajstić information content (AvgIpc) is 3.49. The van der Waals surface area contributed by atoms with E-state index in [4.69, 9.17) is 21.1 Å². The van der Waals surface area contributed by atoms with Gasteiger partial charge < -0.3 is 14.6 Å². The maximum absolute atomic E-state index is 13.6. The van der Waals surface area contributed by atoms with Gasteiger partial charge in [0.2, 0.25) is 0 Å². The van der Waals surface area contributed by atoms with E-state index in [-0.39, 0.29) is 11.3 Å². The number of rotatable bonds is 10. The molecule has 0 spiro atoms. The zero-order chi connectivity index (χ0) is 28.2. The first-order chi connectivity index (χ1) is 19.4. The van der Waals surface area contributed by atoms with Gasteiger partial charge in [-0.05, 0) is 73.0 Å². The molecule has 1 atom stereocenters. The number of Topliss-reactive ketones (excluding diaryl/α,β-unsaturated/α-hetero) is 1. The van der Waals surface area contributed by atoms with E-state index in [0.29, 0.717) is 51.5 Å². The quantitative estimate of drug-likeness (QED) is 0.0907. The second-order valence-electron chi connectivity index (χ2n) is 9.42. The number of benzene rings is 3. The number of hydrogen-bond donors (Lipinski definition) is 1. The van der Waals surface area contributed by atoms with Gasteiger partial charge in [-0.25, -0.2) is 4.98 Å². The Morgan fingerprint density at radius 2 is 1.75 bits per heavy atom. The number of halogens is 1. The first kappa shape index (κ1) is 27.7. The first-order valence-corrected chi connectivity index (χ1v) is 14.4. The summed E-state index contributed by atoms with van der Waals surface area (Å²) in [5, 5.41) is 12.3. The summed E-state index contributed by atoms with van der Waals surface area (Å²) in [7, 11) is 0. The molecule has 0 saturated carbocycles. The lowest BCUT2D eigenvalue weighted by molar-refractivity contribution is -0.132. The lowest BCUT2D eigenvalue weighted by Gasteiger charge is -2.23. The van der Waals surface area contributed by atoms with Crippen molar-refractivity contribution in [3.63, 3.8) is 0 Å². The number of carbonyl (C=O) groups is 2. The molecule has 7 nitrogen and oxygen atoms in total. The summed E-state index contributed by atoms with van der Waals surface area (Å²) in [6, 6.07) is 18.4. The molecule has 9 heteroatoms. The third kappa shape index (κ3) is 5.55. The summed E-state index contributed by atoms with van der Waals surface area (Å²) in [5.41, 5.74) is 1.66. The molecule has 1 aromatic heterocycles. The molecule has 1 fully saturated rings. The summed E-state index contributed by atoms with van der Waals surface area (Å²) in [5.74, 6) is -0.555. The number of aliphatic hydroxyl groups is 1. The van der Waals surface area contributed by atoms with Gasteiger partial charge in [0, 0.05) is 10.6 Å². The van der Waals surface area contributed by atoms with Crippen LogP contribution in [0.25, 0.3) is 16.0 Å². The van der Waals surface area contributed by atoms with Crippen molar-refractivity contribution in [2.75, 3.05) is 18.1 Å². The van der Waals surface area contributed by atoms with Crippen LogP contribution < -0.4 is 14.4 Å². The zero-order valence-corrected chi connectivity index (χ0v) is 23.8. The third-order valence-electron chi connectivity index (χ3n) is 6.53. The molecule has 0 aliphatic carbocycles. The highest BCUT2D eigenvalue weighted by molar-refractivity contribution is 7.22. The maximum atomic E-state index is 13.6. The number of ether oxygens (including phenoxy) is 2. The highest BCUT2D eigenvalue weighted by Gasteiger charge is 2.48. The summed E-state index contributed by atoms with van der Waals surface area (Å²) in [6.45, 7) is 5.22. The molecule has 1 aliphatic heterocycles. The minimum atomic E-state index is -0.915. The molecule has 4 aromatic rings. The molecule has 0 bridgehead atoms. The maximum Gasteiger partial charge on any atom is 0.301 e. The second kappa shape index (κ2) is 12.1. The molecule has 1 aliphatic rings. The van der Waals surface area contributed by atoms with Crippen LogP contribution in [0.1, 0.15) is 50.3 Å². The monoisotopic (exact) mass is 576 g/mol. The molecule has 40 heavy (non-hydrogen) atoms. The van der Waals surface area contributed by atoms with Crippen LogP contribution in [0.15, 0.2) is 72.3 Å². The molecule has 2 heterocycles. The molecular formula is C31H29ClN2O5S. The van der Waals surface area contributed by atoms with Crippen LogP contribution in [-0.4, -0.2) is 35.0 Å². The molecule has 1 unspecified atom stereocenters. The van der Waals surface area contributed by atoms with Crippen LogP contribution in [0, 0.1) is 0 Å². The van der Waals surface area contributed by atoms with Crippen molar-refractivity contribution in [3.05, 3.63) is 88.5 Å². The second-order valence-corrected chi connectivity index (χ2v) is 10.9. The Morgan fingerprint density at radius 1 is 0.975 bits per heavy atom. The molecule has 1 N–H and O–H groups in total. The predicted molar refractivity (Wildman–Crippen MR) is 158 cm³/mol. The van der Waals surface area contributed by atoms with Gasteiger partial charge in [0.1, 0.15) is 17.3 Å². The molecule has 1 amide bonds. The van der Waals surface area contributed by atoms with E-state index in [1.54, 1.807) is 48.5 Å². The Morgan fingerprint density at radius 3 is 2.50 bits per heavy atom. The number of nitrogens with zero attached hydrogens (tertiary/aromatic N) is 2. The van der Waals surface area contributed by atoms with Crippen LogP contribution in [0.3, 0.4) is 0 Å². The minimum absolute atomic E-state index is 0.0183. The van der Waals surface area contributed by atoms with Crippen LogP contribution in [0.5, 0.6) is 11.5 Å². The number of hydrogen-bond acceptors (Lipinski definition) is 7. The SMILES string of the molecule is CCCCOc1cccc(C2C(=C(O)c3ccc(OCCC)cc3)C(=O)C(=O)N2c2nc3ccc(Cl)cc3s2)c1. The Labute approximate surface area is 241 Å². The Balaban J connectivity index is 1.63. The van der Waals surface area contributed by atoms with E-state index in [1.165, 1.54) is 16.2 Å². The number of unbranched alkanes of at least 4 members (excludes halogenated alkanes) is 1. The zero-order valence-electron chi connectivity index (χ0n) is 22.2. The van der Waals surface area contributed by atoms with Crippen molar-refractivity contribution >= 4 is 55.7 Å². The van der Waals surface area contributed by atoms with Crippen LogP contribution >= 0.6 is 22.9 Å². The molecule has 5 rings (SSSR count). The van der Waals surface area contributed by atoms with Crippen LogP contribution in [0.2, 0.25) is 5.02 Å². The summed E-state index contributed by atoms with van der Waals surface area (Å²) < 4.78 is 12.4. The Hall–Kier alpha value is -3.88. The van der Waals surface area contributed by atoms with Gasteiger partial charge in [-0.1, -0.05) is 55.3 Å². The van der Waals surface area contributed by atoms with Gasteiger partial charge in [-0.3, -0.25) is 14.5 Å². The highest BCUT2D eigenvalue weighted by atomic mass is 35.5. The van der Waals surface area contributed by atoms with Crippen molar-refractivity contribution in [1.82, 2.24) is 4.98 Å². The number of fused-ring (bicyclic) bond motifs is 1. The van der Waals surface area contributed by atoms with Gasteiger partial charge in [0.15, 0.2) is 5.13 Å². The smallest absolute Gasteiger partial charge is 0.301 e. The van der Waals surface area contributed by atoms with E-state index in [1.807, 2.05) is 25.1 Å². The first-order valence-electron chi connectivity index (χ1n) is 13.2. The number of anilines is 1. The van der Waals surface area contributed by atoms with E-state index < -0.39 is 17.7 Å². The van der Waals surface area contributed by atoms with Gasteiger partial charge in [-0.15, -0.1) is 0 Å². The molecule has 0 radical (unpaired) electrons. The van der Waals surface area contributed by atoms with Crippen molar-refractivity contribution < 1.29 is 24.2 Å². The summed E-state index contributed by atoms with van der Waals surface area (Å²) in [6.07, 6.45) is 2.75. The molecular weight excluding hydrogens is 548 g/mol. The van der Waals surface area contributed by atoms with Crippen LogP contribution in [0.4, 0.5) is 5.13 Å². The number of aliphatic hydroxyl groups excluding tert-OH is 1. The fourth-order valence-electron chi connectivity index (χ4n) is 4.53. The van der Waals surface area contributed by atoms with Crippen molar-refractivity contribution in [2.45, 2.75) is 39.2 Å². The number of ketones is 1.